The van der Waals surface area contributed by atoms with Gasteiger partial charge in [-0.05, 0) is 75.0 Å². The molecule has 25 heavy (non-hydrogen) atoms. The number of nitrogens with two attached hydrogens (primary N) is 1. The molecule has 4 saturated carbocycles. The summed E-state index contributed by atoms with van der Waals surface area (Å²) >= 11 is 0. The Kier molecular flexibility index (Phi) is 3.61. The highest BCUT2D eigenvalue weighted by Gasteiger charge is 2.51. The molecule has 0 aromatic carbocycles. The van der Waals surface area contributed by atoms with E-state index < -0.39 is 0 Å². The van der Waals surface area contributed by atoms with Gasteiger partial charge >= 0.3 is 0 Å². The van der Waals surface area contributed by atoms with Gasteiger partial charge in [-0.3, -0.25) is 0 Å². The van der Waals surface area contributed by atoms with E-state index in [0.29, 0.717) is 0 Å². The van der Waals surface area contributed by atoms with Crippen molar-refractivity contribution in [1.82, 2.24) is 9.97 Å². The SMILES string of the molecule is CC1CCN(c2ncnc(NC34CC5CC(CC(C5)C3)C4)c2N)CC1. The molecule has 5 fully saturated rings. The van der Waals surface area contributed by atoms with Gasteiger partial charge in [0.15, 0.2) is 11.6 Å². The minimum Gasteiger partial charge on any atom is -0.393 e. The zero-order valence-corrected chi connectivity index (χ0v) is 15.4. The minimum absolute atomic E-state index is 0.241. The molecule has 0 radical (unpaired) electrons. The second kappa shape index (κ2) is 5.75. The molecule has 1 aromatic rings. The first-order valence-corrected chi connectivity index (χ1v) is 10.2. The maximum atomic E-state index is 6.55. The van der Waals surface area contributed by atoms with Crippen LogP contribution in [0, 0.1) is 23.7 Å². The number of anilines is 3. The fraction of sp³-hybridized carbons (Fsp3) is 0.800. The van der Waals surface area contributed by atoms with Crippen molar-refractivity contribution in [3.8, 4) is 0 Å². The normalized spacial score (nSPS) is 37.5. The highest BCUT2D eigenvalue weighted by molar-refractivity contribution is 5.75. The summed E-state index contributed by atoms with van der Waals surface area (Å²) in [6.07, 6.45) is 12.4. The second-order valence-corrected chi connectivity index (χ2v) is 9.45. The molecule has 0 atom stereocenters. The number of aromatic nitrogens is 2. The number of nitrogens with one attached hydrogen (secondary N) is 1. The first kappa shape index (κ1) is 15.7. The number of nitrogens with zero attached hydrogens (tertiary/aromatic N) is 3. The van der Waals surface area contributed by atoms with Crippen LogP contribution in [0.3, 0.4) is 0 Å². The van der Waals surface area contributed by atoms with Gasteiger partial charge < -0.3 is 16.0 Å². The lowest BCUT2D eigenvalue weighted by Crippen LogP contribution is -2.55. The van der Waals surface area contributed by atoms with Crippen LogP contribution in [-0.2, 0) is 0 Å². The molecule has 4 bridgehead atoms. The van der Waals surface area contributed by atoms with Crippen molar-refractivity contribution < 1.29 is 0 Å². The van der Waals surface area contributed by atoms with Gasteiger partial charge in [-0.15, -0.1) is 0 Å². The molecule has 5 heteroatoms. The largest absolute Gasteiger partial charge is 0.393 e. The molecule has 136 valence electrons. The van der Waals surface area contributed by atoms with Crippen molar-refractivity contribution in [1.29, 1.82) is 0 Å². The Balaban J connectivity index is 1.39. The summed E-state index contributed by atoms with van der Waals surface area (Å²) in [6.45, 7) is 4.44. The zero-order valence-electron chi connectivity index (χ0n) is 15.4. The molecular weight excluding hydrogens is 310 g/mol. The van der Waals surface area contributed by atoms with Gasteiger partial charge in [-0.25, -0.2) is 9.97 Å². The summed E-state index contributed by atoms with van der Waals surface area (Å²) in [5.74, 6) is 5.39. The summed E-state index contributed by atoms with van der Waals surface area (Å²) in [7, 11) is 0. The maximum absolute atomic E-state index is 6.55. The Morgan fingerprint density at radius 1 is 1.04 bits per heavy atom. The number of rotatable bonds is 3. The molecule has 0 spiro atoms. The third kappa shape index (κ3) is 2.76. The highest BCUT2D eigenvalue weighted by atomic mass is 15.2. The van der Waals surface area contributed by atoms with E-state index >= 15 is 0 Å². The topological polar surface area (TPSA) is 67.1 Å². The highest BCUT2D eigenvalue weighted by Crippen LogP contribution is 2.56. The van der Waals surface area contributed by atoms with Crippen LogP contribution in [0.4, 0.5) is 17.3 Å². The molecule has 4 aliphatic carbocycles. The monoisotopic (exact) mass is 341 g/mol. The maximum Gasteiger partial charge on any atom is 0.157 e. The minimum atomic E-state index is 0.241. The van der Waals surface area contributed by atoms with E-state index in [1.807, 2.05) is 0 Å². The van der Waals surface area contributed by atoms with Crippen molar-refractivity contribution >= 4 is 17.3 Å². The van der Waals surface area contributed by atoms with E-state index in [2.05, 4.69) is 27.1 Å². The molecule has 5 aliphatic rings. The average molecular weight is 342 g/mol. The van der Waals surface area contributed by atoms with Crippen LogP contribution in [0.1, 0.15) is 58.3 Å². The smallest absolute Gasteiger partial charge is 0.157 e. The van der Waals surface area contributed by atoms with Crippen molar-refractivity contribution in [2.24, 2.45) is 23.7 Å². The van der Waals surface area contributed by atoms with Gasteiger partial charge in [-0.1, -0.05) is 6.92 Å². The molecule has 6 rings (SSSR count). The Morgan fingerprint density at radius 3 is 2.24 bits per heavy atom. The Labute approximate surface area is 150 Å². The van der Waals surface area contributed by atoms with Gasteiger partial charge in [0, 0.05) is 18.6 Å². The lowest BCUT2D eigenvalue weighted by molar-refractivity contribution is 0.0106. The van der Waals surface area contributed by atoms with Gasteiger partial charge in [0.25, 0.3) is 0 Å². The predicted molar refractivity (Wildman–Crippen MR) is 102 cm³/mol. The Hall–Kier alpha value is -1.52. The van der Waals surface area contributed by atoms with Gasteiger partial charge in [0.1, 0.15) is 12.0 Å². The molecule has 2 heterocycles. The lowest BCUT2D eigenvalue weighted by atomic mass is 9.53. The fourth-order valence-corrected chi connectivity index (χ4v) is 6.47. The van der Waals surface area contributed by atoms with E-state index in [4.69, 9.17) is 5.73 Å². The van der Waals surface area contributed by atoms with E-state index in [1.54, 1.807) is 6.33 Å². The van der Waals surface area contributed by atoms with E-state index in [-0.39, 0.29) is 5.54 Å². The molecule has 1 aliphatic heterocycles. The summed E-state index contributed by atoms with van der Waals surface area (Å²) in [5.41, 5.74) is 7.55. The number of hydrogen-bond donors (Lipinski definition) is 2. The van der Waals surface area contributed by atoms with Gasteiger partial charge in [-0.2, -0.15) is 0 Å². The molecule has 5 nitrogen and oxygen atoms in total. The first-order valence-electron chi connectivity index (χ1n) is 10.2. The molecule has 1 aromatic heterocycles. The third-order valence-corrected chi connectivity index (χ3v) is 7.37. The molecule has 3 N–H and O–H groups in total. The van der Waals surface area contributed by atoms with Crippen LogP contribution in [0.25, 0.3) is 0 Å². The van der Waals surface area contributed by atoms with Crippen molar-refractivity contribution in [2.75, 3.05) is 29.0 Å². The molecule has 1 saturated heterocycles. The summed E-state index contributed by atoms with van der Waals surface area (Å²) in [4.78, 5) is 11.4. The van der Waals surface area contributed by atoms with Crippen LogP contribution in [0.5, 0.6) is 0 Å². The first-order chi connectivity index (χ1) is 12.1. The lowest BCUT2D eigenvalue weighted by Gasteiger charge is -2.57. The predicted octanol–water partition coefficient (Wildman–Crippen LogP) is 3.68. The van der Waals surface area contributed by atoms with Crippen LogP contribution < -0.4 is 16.0 Å². The van der Waals surface area contributed by atoms with Crippen molar-refractivity contribution in [3.63, 3.8) is 0 Å². The third-order valence-electron chi connectivity index (χ3n) is 7.37. The van der Waals surface area contributed by atoms with E-state index in [1.165, 1.54) is 51.4 Å². The summed E-state index contributed by atoms with van der Waals surface area (Å²) in [5, 5.41) is 3.84. The van der Waals surface area contributed by atoms with Crippen LogP contribution in [0.15, 0.2) is 6.33 Å². The second-order valence-electron chi connectivity index (χ2n) is 9.45. The summed E-state index contributed by atoms with van der Waals surface area (Å²) < 4.78 is 0. The Bertz CT molecular complexity index is 614. The van der Waals surface area contributed by atoms with Crippen LogP contribution in [0.2, 0.25) is 0 Å². The Morgan fingerprint density at radius 2 is 1.64 bits per heavy atom. The van der Waals surface area contributed by atoms with E-state index in [9.17, 15) is 0 Å². The van der Waals surface area contributed by atoms with Crippen LogP contribution in [-0.4, -0.2) is 28.6 Å². The zero-order chi connectivity index (χ0) is 17.0. The van der Waals surface area contributed by atoms with Crippen molar-refractivity contribution in [3.05, 3.63) is 6.33 Å². The van der Waals surface area contributed by atoms with Gasteiger partial charge in [0.2, 0.25) is 0 Å². The standard InChI is InChI=1S/C20H31N5/c1-13-2-4-25(5-3-13)19-17(21)18(22-12-23-19)24-20-9-14-6-15(10-20)8-16(7-14)11-20/h12-16H,2-11,21H2,1H3,(H,22,23,24). The quantitative estimate of drug-likeness (QED) is 0.878. The van der Waals surface area contributed by atoms with Crippen LogP contribution >= 0.6 is 0 Å². The van der Waals surface area contributed by atoms with E-state index in [0.717, 1.165) is 54.1 Å². The van der Waals surface area contributed by atoms with Crippen molar-refractivity contribution in [2.45, 2.75) is 63.8 Å². The fourth-order valence-electron chi connectivity index (χ4n) is 6.47. The average Bonchev–Trinajstić information content (AvgIpc) is 2.56. The number of nitrogen functional groups attached to an aromatic ring is 1. The molecular formula is C20H31N5. The molecule has 0 amide bonds. The number of hydrogen-bond acceptors (Lipinski definition) is 5. The molecule has 0 unspecified atom stereocenters. The van der Waals surface area contributed by atoms with Gasteiger partial charge in [0.05, 0.1) is 0 Å². The number of piperidine rings is 1. The summed E-state index contributed by atoms with van der Waals surface area (Å²) in [6, 6.07) is 0.